The Morgan fingerprint density at radius 2 is 1.84 bits per heavy atom. The number of benzene rings is 1. The van der Waals surface area contributed by atoms with Crippen molar-refractivity contribution in [1.82, 2.24) is 10.6 Å². The van der Waals surface area contributed by atoms with Crippen molar-refractivity contribution in [2.24, 2.45) is 0 Å². The molecule has 0 fully saturated rings. The number of urea groups is 1. The van der Waals surface area contributed by atoms with E-state index in [1.807, 2.05) is 45.0 Å². The Morgan fingerprint density at radius 1 is 1.20 bits per heavy atom. The fourth-order valence-electron chi connectivity index (χ4n) is 2.68. The Labute approximate surface area is 153 Å². The number of ether oxygens (including phenoxy) is 1. The van der Waals surface area contributed by atoms with Crippen molar-refractivity contribution < 1.29 is 14.3 Å². The van der Waals surface area contributed by atoms with Crippen molar-refractivity contribution >= 4 is 23.8 Å². The molecule has 0 saturated heterocycles. The van der Waals surface area contributed by atoms with E-state index < -0.39 is 12.0 Å². The van der Waals surface area contributed by atoms with Gasteiger partial charge in [-0.25, -0.2) is 9.59 Å². The van der Waals surface area contributed by atoms with Gasteiger partial charge >= 0.3 is 12.0 Å². The molecule has 0 aromatic heterocycles. The van der Waals surface area contributed by atoms with E-state index in [1.54, 1.807) is 11.8 Å². The zero-order chi connectivity index (χ0) is 18.6. The van der Waals surface area contributed by atoms with Gasteiger partial charge < -0.3 is 15.4 Å². The monoisotopic (exact) mass is 362 g/mol. The van der Waals surface area contributed by atoms with Crippen LogP contribution in [0.4, 0.5) is 4.79 Å². The third-order valence-corrected chi connectivity index (χ3v) is 4.67. The molecule has 5 nitrogen and oxygen atoms in total. The van der Waals surface area contributed by atoms with Gasteiger partial charge in [0.15, 0.2) is 0 Å². The summed E-state index contributed by atoms with van der Waals surface area (Å²) in [6.07, 6.45) is 0.328. The predicted molar refractivity (Wildman–Crippen MR) is 100 cm³/mol. The summed E-state index contributed by atoms with van der Waals surface area (Å²) in [4.78, 5) is 25.8. The highest BCUT2D eigenvalue weighted by molar-refractivity contribution is 7.99. The molecule has 0 saturated carbocycles. The van der Waals surface area contributed by atoms with Crippen LogP contribution in [0.3, 0.4) is 0 Å². The summed E-state index contributed by atoms with van der Waals surface area (Å²) in [5, 5.41) is 6.07. The maximum Gasteiger partial charge on any atom is 0.338 e. The summed E-state index contributed by atoms with van der Waals surface area (Å²) in [5.74, 6) is -0.398. The van der Waals surface area contributed by atoms with Crippen LogP contribution in [0, 0.1) is 0 Å². The maximum atomic E-state index is 12.6. The summed E-state index contributed by atoms with van der Waals surface area (Å²) in [7, 11) is 0. The Morgan fingerprint density at radius 3 is 2.36 bits per heavy atom. The van der Waals surface area contributed by atoms with Crippen molar-refractivity contribution in [2.75, 3.05) is 0 Å². The number of thioether (sulfide) groups is 1. The van der Waals surface area contributed by atoms with Crippen LogP contribution in [0.5, 0.6) is 0 Å². The number of carbonyl (C=O) groups excluding carboxylic acids is 2. The normalized spacial score (nSPS) is 17.6. The van der Waals surface area contributed by atoms with Crippen LogP contribution in [-0.2, 0) is 9.53 Å². The number of amides is 2. The van der Waals surface area contributed by atoms with Crippen molar-refractivity contribution in [1.29, 1.82) is 0 Å². The SMILES string of the molecule is CCC1=C(C(=O)OC(C)C)C(c2ccc(SC(C)C)cc2)NC(=O)N1. The van der Waals surface area contributed by atoms with Gasteiger partial charge in [-0.3, -0.25) is 0 Å². The average Bonchev–Trinajstić information content (AvgIpc) is 2.53. The van der Waals surface area contributed by atoms with E-state index in [4.69, 9.17) is 4.74 Å². The standard InChI is InChI=1S/C19H26N2O3S/c1-6-15-16(18(22)24-11(2)3)17(21-19(23)20-15)13-7-9-14(10-8-13)25-12(4)5/h7-12,17H,6H2,1-5H3,(H2,20,21,23). The summed E-state index contributed by atoms with van der Waals surface area (Å²) in [5.41, 5.74) is 1.95. The second kappa shape index (κ2) is 8.43. The fourth-order valence-corrected chi connectivity index (χ4v) is 3.51. The first kappa shape index (κ1) is 19.4. The molecule has 2 amide bonds. The largest absolute Gasteiger partial charge is 0.459 e. The van der Waals surface area contributed by atoms with Gasteiger partial charge in [0.2, 0.25) is 0 Å². The average molecular weight is 362 g/mol. The first-order valence-electron chi connectivity index (χ1n) is 8.60. The summed E-state index contributed by atoms with van der Waals surface area (Å²) in [6, 6.07) is 7.14. The molecule has 2 N–H and O–H groups in total. The Balaban J connectivity index is 2.37. The van der Waals surface area contributed by atoms with Gasteiger partial charge in [0.1, 0.15) is 0 Å². The number of esters is 1. The van der Waals surface area contributed by atoms with Gasteiger partial charge in [-0.15, -0.1) is 11.8 Å². The van der Waals surface area contributed by atoms with Crippen LogP contribution >= 0.6 is 11.8 Å². The third-order valence-electron chi connectivity index (χ3n) is 3.66. The quantitative estimate of drug-likeness (QED) is 0.589. The van der Waals surface area contributed by atoms with Gasteiger partial charge in [0.05, 0.1) is 17.7 Å². The van der Waals surface area contributed by atoms with Crippen LogP contribution in [0.1, 0.15) is 52.6 Å². The Bertz CT molecular complexity index is 666. The lowest BCUT2D eigenvalue weighted by Crippen LogP contribution is -2.46. The van der Waals surface area contributed by atoms with Gasteiger partial charge in [0.25, 0.3) is 0 Å². The van der Waals surface area contributed by atoms with Crippen LogP contribution in [-0.4, -0.2) is 23.4 Å². The van der Waals surface area contributed by atoms with Crippen LogP contribution < -0.4 is 10.6 Å². The van der Waals surface area contributed by atoms with E-state index in [0.29, 0.717) is 22.9 Å². The zero-order valence-corrected chi connectivity index (χ0v) is 16.2. The lowest BCUT2D eigenvalue weighted by atomic mass is 9.94. The van der Waals surface area contributed by atoms with E-state index in [2.05, 4.69) is 24.5 Å². The van der Waals surface area contributed by atoms with E-state index in [9.17, 15) is 9.59 Å². The van der Waals surface area contributed by atoms with Crippen molar-refractivity contribution in [3.63, 3.8) is 0 Å². The molecule has 1 unspecified atom stereocenters. The first-order chi connectivity index (χ1) is 11.8. The molecular formula is C19H26N2O3S. The van der Waals surface area contributed by atoms with Gasteiger partial charge in [0, 0.05) is 15.8 Å². The molecule has 1 heterocycles. The number of nitrogens with one attached hydrogen (secondary N) is 2. The molecule has 2 rings (SSSR count). The third kappa shape index (κ3) is 5.01. The number of rotatable bonds is 6. The summed E-state index contributed by atoms with van der Waals surface area (Å²) < 4.78 is 5.39. The maximum absolute atomic E-state index is 12.6. The molecule has 136 valence electrons. The molecule has 1 aromatic rings. The lowest BCUT2D eigenvalue weighted by Gasteiger charge is -2.29. The van der Waals surface area contributed by atoms with Crippen LogP contribution in [0.25, 0.3) is 0 Å². The number of carbonyl (C=O) groups is 2. The molecule has 0 radical (unpaired) electrons. The highest BCUT2D eigenvalue weighted by atomic mass is 32.2. The minimum absolute atomic E-state index is 0.221. The molecule has 0 aliphatic carbocycles. The van der Waals surface area contributed by atoms with Gasteiger partial charge in [-0.05, 0) is 38.0 Å². The van der Waals surface area contributed by atoms with Crippen LogP contribution in [0.15, 0.2) is 40.4 Å². The van der Waals surface area contributed by atoms with Crippen molar-refractivity contribution in [3.8, 4) is 0 Å². The second-order valence-corrected chi connectivity index (χ2v) is 8.12. The van der Waals surface area contributed by atoms with Gasteiger partial charge in [-0.2, -0.15) is 0 Å². The molecule has 1 aromatic carbocycles. The smallest absolute Gasteiger partial charge is 0.338 e. The number of hydrogen-bond acceptors (Lipinski definition) is 4. The zero-order valence-electron chi connectivity index (χ0n) is 15.4. The highest BCUT2D eigenvalue weighted by Gasteiger charge is 2.33. The van der Waals surface area contributed by atoms with Crippen LogP contribution in [0.2, 0.25) is 0 Å². The summed E-state index contributed by atoms with van der Waals surface area (Å²) >= 11 is 1.77. The molecule has 0 bridgehead atoms. The Hall–Kier alpha value is -1.95. The molecular weight excluding hydrogens is 336 g/mol. The molecule has 25 heavy (non-hydrogen) atoms. The molecule has 1 aliphatic rings. The minimum Gasteiger partial charge on any atom is -0.459 e. The molecule has 1 atom stereocenters. The van der Waals surface area contributed by atoms with E-state index >= 15 is 0 Å². The summed E-state index contributed by atoms with van der Waals surface area (Å²) in [6.45, 7) is 9.81. The highest BCUT2D eigenvalue weighted by Crippen LogP contribution is 2.31. The molecule has 1 aliphatic heterocycles. The predicted octanol–water partition coefficient (Wildman–Crippen LogP) is 4.16. The van der Waals surface area contributed by atoms with Crippen molar-refractivity contribution in [2.45, 2.75) is 63.3 Å². The Kier molecular flexibility index (Phi) is 6.53. The van der Waals surface area contributed by atoms with Crippen molar-refractivity contribution in [3.05, 3.63) is 41.1 Å². The van der Waals surface area contributed by atoms with E-state index in [0.717, 1.165) is 10.5 Å². The molecule has 0 spiro atoms. The number of allylic oxidation sites excluding steroid dienone is 1. The lowest BCUT2D eigenvalue weighted by molar-refractivity contribution is -0.143. The first-order valence-corrected chi connectivity index (χ1v) is 9.48. The van der Waals surface area contributed by atoms with E-state index in [1.165, 1.54) is 0 Å². The van der Waals surface area contributed by atoms with E-state index in [-0.39, 0.29) is 12.1 Å². The fraction of sp³-hybridized carbons (Fsp3) is 0.474. The van der Waals surface area contributed by atoms with Gasteiger partial charge in [-0.1, -0.05) is 32.9 Å². The number of hydrogen-bond donors (Lipinski definition) is 2. The minimum atomic E-state index is -0.506. The second-order valence-electron chi connectivity index (χ2n) is 6.47. The molecule has 6 heteroatoms. The topological polar surface area (TPSA) is 67.4 Å².